The normalized spacial score (nSPS) is 11.1. The van der Waals surface area contributed by atoms with Gasteiger partial charge in [-0.05, 0) is 29.8 Å². The van der Waals surface area contributed by atoms with Gasteiger partial charge in [0.25, 0.3) is 5.91 Å². The molecule has 30 heavy (non-hydrogen) atoms. The van der Waals surface area contributed by atoms with Crippen molar-refractivity contribution in [2.45, 2.75) is 12.7 Å². The number of hydrogen-bond donors (Lipinski definition) is 2. The third-order valence-corrected chi connectivity index (χ3v) is 4.22. The molecule has 2 aromatic carbocycles. The van der Waals surface area contributed by atoms with Gasteiger partial charge in [-0.25, -0.2) is 4.79 Å². The highest BCUT2D eigenvalue weighted by Crippen LogP contribution is 2.36. The number of urea groups is 1. The molecule has 0 aliphatic rings. The summed E-state index contributed by atoms with van der Waals surface area (Å²) in [6.07, 6.45) is -2.28. The van der Waals surface area contributed by atoms with E-state index in [0.717, 1.165) is 17.7 Å². The molecule has 0 atom stereocenters. The first kappa shape index (κ1) is 21.0. The Labute approximate surface area is 170 Å². The van der Waals surface area contributed by atoms with E-state index in [-0.39, 0.29) is 17.8 Å². The van der Waals surface area contributed by atoms with Crippen molar-refractivity contribution in [1.29, 1.82) is 0 Å². The largest absolute Gasteiger partial charge is 0.472 e. The predicted molar refractivity (Wildman–Crippen MR) is 105 cm³/mol. The zero-order chi connectivity index (χ0) is 21.7. The average molecular weight is 417 g/mol. The van der Waals surface area contributed by atoms with Gasteiger partial charge in [-0.1, -0.05) is 30.3 Å². The van der Waals surface area contributed by atoms with Crippen LogP contribution in [0.1, 0.15) is 21.5 Å². The molecule has 0 spiro atoms. The van der Waals surface area contributed by atoms with E-state index >= 15 is 0 Å². The predicted octanol–water partition coefficient (Wildman–Crippen LogP) is 5.21. The van der Waals surface area contributed by atoms with Crippen LogP contribution < -0.4 is 10.6 Å². The molecule has 0 bridgehead atoms. The van der Waals surface area contributed by atoms with Crippen LogP contribution in [-0.4, -0.2) is 23.9 Å². The zero-order valence-corrected chi connectivity index (χ0v) is 15.9. The van der Waals surface area contributed by atoms with E-state index in [1.165, 1.54) is 36.6 Å². The molecule has 0 radical (unpaired) electrons. The van der Waals surface area contributed by atoms with Crippen molar-refractivity contribution >= 4 is 23.3 Å². The summed E-state index contributed by atoms with van der Waals surface area (Å²) in [7, 11) is 1.48. The third kappa shape index (κ3) is 5.19. The molecule has 0 fully saturated rings. The first-order chi connectivity index (χ1) is 14.2. The van der Waals surface area contributed by atoms with Gasteiger partial charge < -0.3 is 20.0 Å². The molecule has 3 aromatic rings. The number of rotatable bonds is 5. The van der Waals surface area contributed by atoms with Crippen LogP contribution >= 0.6 is 0 Å². The minimum Gasteiger partial charge on any atom is -0.472 e. The Kier molecular flexibility index (Phi) is 6.10. The highest BCUT2D eigenvalue weighted by atomic mass is 19.4. The fourth-order valence-corrected chi connectivity index (χ4v) is 2.70. The Balaban J connectivity index is 1.76. The topological polar surface area (TPSA) is 74.6 Å². The molecular weight excluding hydrogens is 399 g/mol. The first-order valence-electron chi connectivity index (χ1n) is 8.85. The van der Waals surface area contributed by atoms with Crippen LogP contribution in [0.5, 0.6) is 0 Å². The average Bonchev–Trinajstić information content (AvgIpc) is 3.24. The molecule has 0 aliphatic carbocycles. The van der Waals surface area contributed by atoms with Crippen LogP contribution in [0.15, 0.2) is 71.5 Å². The molecule has 9 heteroatoms. The molecule has 0 saturated carbocycles. The number of amides is 3. The van der Waals surface area contributed by atoms with Gasteiger partial charge in [0.05, 0.1) is 23.1 Å². The van der Waals surface area contributed by atoms with Crippen LogP contribution in [0.2, 0.25) is 0 Å². The summed E-state index contributed by atoms with van der Waals surface area (Å²) in [5, 5.41) is 4.66. The molecular formula is C21H18F3N3O3. The van der Waals surface area contributed by atoms with E-state index in [4.69, 9.17) is 4.42 Å². The van der Waals surface area contributed by atoms with Crippen LogP contribution in [0.3, 0.4) is 0 Å². The number of anilines is 2. The number of carbonyl (C=O) groups excluding carboxylic acids is 2. The molecule has 3 rings (SSSR count). The molecule has 1 heterocycles. The van der Waals surface area contributed by atoms with E-state index in [1.54, 1.807) is 12.1 Å². The van der Waals surface area contributed by atoms with Gasteiger partial charge in [-0.15, -0.1) is 0 Å². The lowest BCUT2D eigenvalue weighted by Crippen LogP contribution is -2.31. The summed E-state index contributed by atoms with van der Waals surface area (Å²) < 4.78 is 45.4. The van der Waals surface area contributed by atoms with Crippen molar-refractivity contribution < 1.29 is 27.2 Å². The molecule has 3 amide bonds. The van der Waals surface area contributed by atoms with Gasteiger partial charge in [0.15, 0.2) is 0 Å². The summed E-state index contributed by atoms with van der Waals surface area (Å²) in [6, 6.07) is 12.9. The number of alkyl halides is 3. The first-order valence-corrected chi connectivity index (χ1v) is 8.85. The molecule has 156 valence electrons. The van der Waals surface area contributed by atoms with E-state index < -0.39 is 29.4 Å². The van der Waals surface area contributed by atoms with Gasteiger partial charge in [-0.3, -0.25) is 4.79 Å². The Morgan fingerprint density at radius 3 is 2.40 bits per heavy atom. The number of carbonyl (C=O) groups is 2. The smallest absolute Gasteiger partial charge is 0.418 e. The molecule has 0 saturated heterocycles. The fraction of sp³-hybridized carbons (Fsp3) is 0.143. The number of halogens is 3. The van der Waals surface area contributed by atoms with Crippen molar-refractivity contribution in [3.63, 3.8) is 0 Å². The maximum Gasteiger partial charge on any atom is 0.418 e. The van der Waals surface area contributed by atoms with E-state index in [9.17, 15) is 22.8 Å². The number of nitrogens with zero attached hydrogens (tertiary/aromatic N) is 1. The second kappa shape index (κ2) is 8.73. The SMILES string of the molecule is CN(Cc1ccccc1)C(=O)Nc1ccc(NC(=O)c2ccoc2)cc1C(F)(F)F. The quantitative estimate of drug-likeness (QED) is 0.598. The van der Waals surface area contributed by atoms with Crippen molar-refractivity contribution in [3.05, 3.63) is 83.8 Å². The van der Waals surface area contributed by atoms with Crippen molar-refractivity contribution in [2.24, 2.45) is 0 Å². The second-order valence-electron chi connectivity index (χ2n) is 6.50. The van der Waals surface area contributed by atoms with E-state index in [2.05, 4.69) is 10.6 Å². The molecule has 6 nitrogen and oxygen atoms in total. The highest BCUT2D eigenvalue weighted by Gasteiger charge is 2.34. The Morgan fingerprint density at radius 2 is 1.77 bits per heavy atom. The number of hydrogen-bond acceptors (Lipinski definition) is 3. The van der Waals surface area contributed by atoms with Gasteiger partial charge >= 0.3 is 12.2 Å². The maximum atomic E-state index is 13.5. The Morgan fingerprint density at radius 1 is 1.03 bits per heavy atom. The van der Waals surface area contributed by atoms with Crippen molar-refractivity contribution in [2.75, 3.05) is 17.7 Å². The number of furan rings is 1. The van der Waals surface area contributed by atoms with Gasteiger partial charge in [0, 0.05) is 19.3 Å². The number of nitrogens with one attached hydrogen (secondary N) is 2. The summed E-state index contributed by atoms with van der Waals surface area (Å²) in [6.45, 7) is 0.229. The van der Waals surface area contributed by atoms with Crippen LogP contribution in [0, 0.1) is 0 Å². The summed E-state index contributed by atoms with van der Waals surface area (Å²) in [5.74, 6) is -0.615. The van der Waals surface area contributed by atoms with Crippen molar-refractivity contribution in [1.82, 2.24) is 4.90 Å². The van der Waals surface area contributed by atoms with Crippen LogP contribution in [-0.2, 0) is 12.7 Å². The van der Waals surface area contributed by atoms with Crippen LogP contribution in [0.4, 0.5) is 29.3 Å². The minimum atomic E-state index is -4.74. The van der Waals surface area contributed by atoms with E-state index in [1.807, 2.05) is 18.2 Å². The molecule has 1 aromatic heterocycles. The zero-order valence-electron chi connectivity index (χ0n) is 15.9. The lowest BCUT2D eigenvalue weighted by molar-refractivity contribution is -0.136. The summed E-state index contributed by atoms with van der Waals surface area (Å²) >= 11 is 0. The highest BCUT2D eigenvalue weighted by molar-refractivity contribution is 6.04. The second-order valence-corrected chi connectivity index (χ2v) is 6.50. The molecule has 0 aliphatic heterocycles. The monoisotopic (exact) mass is 417 g/mol. The number of benzene rings is 2. The van der Waals surface area contributed by atoms with E-state index in [0.29, 0.717) is 0 Å². The lowest BCUT2D eigenvalue weighted by atomic mass is 10.1. The minimum absolute atomic E-state index is 0.0656. The molecule has 0 unspecified atom stereocenters. The fourth-order valence-electron chi connectivity index (χ4n) is 2.70. The van der Waals surface area contributed by atoms with Gasteiger partial charge in [0.1, 0.15) is 6.26 Å². The molecule has 2 N–H and O–H groups in total. The maximum absolute atomic E-state index is 13.5. The van der Waals surface area contributed by atoms with Crippen LogP contribution in [0.25, 0.3) is 0 Å². The van der Waals surface area contributed by atoms with Crippen molar-refractivity contribution in [3.8, 4) is 0 Å². The Hall–Kier alpha value is -3.75. The van der Waals surface area contributed by atoms with Gasteiger partial charge in [0.2, 0.25) is 0 Å². The van der Waals surface area contributed by atoms with Gasteiger partial charge in [-0.2, -0.15) is 13.2 Å². The third-order valence-electron chi connectivity index (χ3n) is 4.22. The lowest BCUT2D eigenvalue weighted by Gasteiger charge is -2.20. The summed E-state index contributed by atoms with van der Waals surface area (Å²) in [5.41, 5.74) is -0.543. The Bertz CT molecular complexity index is 1020. The summed E-state index contributed by atoms with van der Waals surface area (Å²) in [4.78, 5) is 25.7. The standard InChI is InChI=1S/C21H18F3N3O3/c1-27(12-14-5-3-2-4-6-14)20(29)26-18-8-7-16(11-17(18)21(22,23)24)25-19(28)15-9-10-30-13-15/h2-11,13H,12H2,1H3,(H,25,28)(H,26,29).